The largest absolute Gasteiger partial charge is 0.351 e. The highest BCUT2D eigenvalue weighted by molar-refractivity contribution is 5.78. The predicted octanol–water partition coefficient (Wildman–Crippen LogP) is 2.98. The van der Waals surface area contributed by atoms with Crippen molar-refractivity contribution >= 4 is 5.91 Å². The van der Waals surface area contributed by atoms with Gasteiger partial charge in [-0.05, 0) is 69.1 Å². The van der Waals surface area contributed by atoms with Crippen molar-refractivity contribution in [2.75, 3.05) is 0 Å². The highest BCUT2D eigenvalue weighted by Gasteiger charge is 2.60. The third kappa shape index (κ3) is 2.61. The van der Waals surface area contributed by atoms with E-state index >= 15 is 0 Å². The molecule has 4 rings (SSSR count). The molecule has 4 fully saturated rings. The number of hydrogen-bond acceptors (Lipinski definition) is 2. The van der Waals surface area contributed by atoms with Crippen molar-refractivity contribution in [3.05, 3.63) is 0 Å². The van der Waals surface area contributed by atoms with Gasteiger partial charge in [-0.2, -0.15) is 0 Å². The molecule has 4 aliphatic rings. The van der Waals surface area contributed by atoms with E-state index in [-0.39, 0.29) is 11.4 Å². The van der Waals surface area contributed by atoms with Crippen LogP contribution in [0.4, 0.5) is 0 Å². The van der Waals surface area contributed by atoms with Crippen LogP contribution in [0.5, 0.6) is 0 Å². The zero-order valence-electron chi connectivity index (χ0n) is 13.5. The van der Waals surface area contributed by atoms with Crippen LogP contribution in [0.2, 0.25) is 0 Å². The smallest absolute Gasteiger partial charge is 0.222 e. The van der Waals surface area contributed by atoms with E-state index in [1.807, 2.05) is 13.8 Å². The number of carbonyl (C=O) groups excluding carboxylic acids is 1. The van der Waals surface area contributed by atoms with Crippen LogP contribution in [-0.2, 0) is 4.79 Å². The minimum atomic E-state index is -0.416. The van der Waals surface area contributed by atoms with Crippen LogP contribution >= 0.6 is 0 Å². The molecule has 0 aromatic carbocycles. The summed E-state index contributed by atoms with van der Waals surface area (Å²) in [4.78, 5) is 12.4. The molecule has 0 aromatic heterocycles. The zero-order chi connectivity index (χ0) is 14.8. The van der Waals surface area contributed by atoms with E-state index < -0.39 is 5.54 Å². The molecule has 114 valence electrons. The minimum absolute atomic E-state index is 0.0608. The van der Waals surface area contributed by atoms with Gasteiger partial charge in [0.25, 0.3) is 0 Å². The molecular weight excluding hydrogens is 248 g/mol. The van der Waals surface area contributed by atoms with E-state index in [1.54, 1.807) is 0 Å². The molecule has 20 heavy (non-hydrogen) atoms. The molecular formula is C17H30N2O. The Kier molecular flexibility index (Phi) is 2.87. The Morgan fingerprint density at radius 2 is 1.70 bits per heavy atom. The van der Waals surface area contributed by atoms with Gasteiger partial charge in [-0.3, -0.25) is 4.79 Å². The molecule has 2 unspecified atom stereocenters. The molecule has 0 aliphatic heterocycles. The fraction of sp³-hybridized carbons (Fsp3) is 0.941. The van der Waals surface area contributed by atoms with Crippen LogP contribution < -0.4 is 11.1 Å². The van der Waals surface area contributed by atoms with Gasteiger partial charge in [0.15, 0.2) is 0 Å². The lowest BCUT2D eigenvalue weighted by atomic mass is 9.43. The van der Waals surface area contributed by atoms with Crippen LogP contribution in [0, 0.1) is 16.7 Å². The van der Waals surface area contributed by atoms with Crippen LogP contribution in [-0.4, -0.2) is 17.0 Å². The molecule has 3 nitrogen and oxygen atoms in total. The van der Waals surface area contributed by atoms with Crippen molar-refractivity contribution in [3.63, 3.8) is 0 Å². The van der Waals surface area contributed by atoms with Gasteiger partial charge in [0.1, 0.15) is 0 Å². The molecule has 2 atom stereocenters. The first-order valence-electron chi connectivity index (χ1n) is 8.11. The van der Waals surface area contributed by atoms with Crippen LogP contribution in [0.3, 0.4) is 0 Å². The zero-order valence-corrected chi connectivity index (χ0v) is 13.5. The maximum Gasteiger partial charge on any atom is 0.222 e. The summed E-state index contributed by atoms with van der Waals surface area (Å²) in [6.45, 7) is 8.72. The Bertz CT molecular complexity index is 419. The van der Waals surface area contributed by atoms with Gasteiger partial charge in [-0.15, -0.1) is 0 Å². The van der Waals surface area contributed by atoms with Gasteiger partial charge in [0.05, 0.1) is 0 Å². The molecule has 0 heterocycles. The normalized spacial score (nSPS) is 46.5. The van der Waals surface area contributed by atoms with Crippen molar-refractivity contribution in [2.45, 2.75) is 83.7 Å². The van der Waals surface area contributed by atoms with E-state index in [2.05, 4.69) is 19.2 Å². The number of carbonyl (C=O) groups is 1. The summed E-state index contributed by atoms with van der Waals surface area (Å²) in [7, 11) is 0. The molecule has 0 radical (unpaired) electrons. The van der Waals surface area contributed by atoms with E-state index in [4.69, 9.17) is 5.73 Å². The molecule has 4 aliphatic carbocycles. The van der Waals surface area contributed by atoms with E-state index in [9.17, 15) is 4.79 Å². The number of rotatable bonds is 3. The monoisotopic (exact) mass is 278 g/mol. The summed E-state index contributed by atoms with van der Waals surface area (Å²) >= 11 is 0. The van der Waals surface area contributed by atoms with Crippen molar-refractivity contribution in [3.8, 4) is 0 Å². The number of hydrogen-bond donors (Lipinski definition) is 2. The fourth-order valence-electron chi connectivity index (χ4n) is 6.34. The van der Waals surface area contributed by atoms with Crippen molar-refractivity contribution < 1.29 is 4.79 Å². The average molecular weight is 278 g/mol. The molecule has 4 bridgehead atoms. The lowest BCUT2D eigenvalue weighted by Gasteiger charge is -2.65. The maximum atomic E-state index is 12.4. The molecule has 0 aromatic rings. The Morgan fingerprint density at radius 1 is 1.15 bits per heavy atom. The summed E-state index contributed by atoms with van der Waals surface area (Å²) in [5.41, 5.74) is 6.53. The quantitative estimate of drug-likeness (QED) is 0.834. The molecule has 0 saturated heterocycles. The van der Waals surface area contributed by atoms with Crippen molar-refractivity contribution in [1.82, 2.24) is 5.32 Å². The van der Waals surface area contributed by atoms with E-state index in [1.165, 1.54) is 38.5 Å². The summed E-state index contributed by atoms with van der Waals surface area (Å²) < 4.78 is 0. The highest BCUT2D eigenvalue weighted by atomic mass is 16.1. The van der Waals surface area contributed by atoms with Gasteiger partial charge in [-0.1, -0.05) is 13.8 Å². The second-order valence-electron chi connectivity index (χ2n) is 9.62. The number of nitrogens with one attached hydrogen (secondary N) is 1. The van der Waals surface area contributed by atoms with Gasteiger partial charge in [0.2, 0.25) is 5.91 Å². The first-order chi connectivity index (χ1) is 9.01. The van der Waals surface area contributed by atoms with Gasteiger partial charge < -0.3 is 11.1 Å². The van der Waals surface area contributed by atoms with Crippen molar-refractivity contribution in [2.24, 2.45) is 22.5 Å². The van der Waals surface area contributed by atoms with Gasteiger partial charge >= 0.3 is 0 Å². The summed E-state index contributed by atoms with van der Waals surface area (Å²) in [6, 6.07) is 0. The Balaban J connectivity index is 1.77. The van der Waals surface area contributed by atoms with E-state index in [0.29, 0.717) is 17.3 Å². The van der Waals surface area contributed by atoms with Crippen LogP contribution in [0.1, 0.15) is 72.6 Å². The van der Waals surface area contributed by atoms with Crippen LogP contribution in [0.15, 0.2) is 0 Å². The Labute approximate surface area is 123 Å². The third-order valence-corrected chi connectivity index (χ3v) is 5.65. The number of amides is 1. The highest BCUT2D eigenvalue weighted by Crippen LogP contribution is 2.66. The molecule has 3 N–H and O–H groups in total. The van der Waals surface area contributed by atoms with Crippen LogP contribution in [0.25, 0.3) is 0 Å². The Hall–Kier alpha value is -0.570. The van der Waals surface area contributed by atoms with E-state index in [0.717, 1.165) is 5.92 Å². The minimum Gasteiger partial charge on any atom is -0.351 e. The standard InChI is InChI=1S/C17H30N2O/c1-14(2,18)8-13(20)19-17-7-12-5-15(3,10-17)9-16(4,6-12)11-17/h12H,5-11,18H2,1-4H3,(H,19,20). The number of nitrogens with two attached hydrogens (primary N) is 1. The summed E-state index contributed by atoms with van der Waals surface area (Å²) in [6.07, 6.45) is 8.02. The molecule has 4 saturated carbocycles. The first kappa shape index (κ1) is 14.4. The topological polar surface area (TPSA) is 55.1 Å². The van der Waals surface area contributed by atoms with Crippen molar-refractivity contribution in [1.29, 1.82) is 0 Å². The molecule has 1 amide bonds. The summed E-state index contributed by atoms with van der Waals surface area (Å²) in [5, 5.41) is 3.41. The fourth-order valence-corrected chi connectivity index (χ4v) is 6.34. The first-order valence-corrected chi connectivity index (χ1v) is 8.11. The summed E-state index contributed by atoms with van der Waals surface area (Å²) in [5.74, 6) is 0.957. The lowest BCUT2D eigenvalue weighted by molar-refractivity contribution is -0.140. The molecule has 0 spiro atoms. The SMILES string of the molecule is CC(C)(N)CC(=O)NC12CC3CC(C)(CC(C)(C3)C1)C2. The second-order valence-corrected chi connectivity index (χ2v) is 9.62. The predicted molar refractivity (Wildman–Crippen MR) is 81.2 cm³/mol. The third-order valence-electron chi connectivity index (χ3n) is 5.65. The maximum absolute atomic E-state index is 12.4. The second kappa shape index (κ2) is 4.00. The lowest BCUT2D eigenvalue weighted by Crippen LogP contribution is -2.65. The Morgan fingerprint density at radius 3 is 2.15 bits per heavy atom. The van der Waals surface area contributed by atoms with Gasteiger partial charge in [0, 0.05) is 17.5 Å². The molecule has 3 heteroatoms. The van der Waals surface area contributed by atoms with Gasteiger partial charge in [-0.25, -0.2) is 0 Å². The average Bonchev–Trinajstić information content (AvgIpc) is 2.04.